The first-order valence-electron chi connectivity index (χ1n) is 10.5. The Labute approximate surface area is 164 Å². The number of aliphatic carboxylic acids is 1. The van der Waals surface area contributed by atoms with Crippen molar-refractivity contribution in [2.24, 2.45) is 21.7 Å². The van der Waals surface area contributed by atoms with Gasteiger partial charge in [-0.05, 0) is 49.6 Å². The molecule has 0 aromatic heterocycles. The molecular weight excluding hydrogens is 338 g/mol. The van der Waals surface area contributed by atoms with Crippen LogP contribution in [-0.2, 0) is 4.79 Å². The summed E-state index contributed by atoms with van der Waals surface area (Å²) in [5.74, 6) is 0.996. The highest BCUT2D eigenvalue weighted by Gasteiger charge is 2.43. The molecule has 0 aliphatic carbocycles. The van der Waals surface area contributed by atoms with Crippen molar-refractivity contribution in [3.63, 3.8) is 0 Å². The predicted molar refractivity (Wildman–Crippen MR) is 110 cm³/mol. The fourth-order valence-electron chi connectivity index (χ4n) is 5.28. The van der Waals surface area contributed by atoms with E-state index < -0.39 is 5.97 Å². The van der Waals surface area contributed by atoms with E-state index in [-0.39, 0.29) is 22.9 Å². The molecule has 2 fully saturated rings. The highest BCUT2D eigenvalue weighted by Crippen LogP contribution is 2.44. The smallest absolute Gasteiger partial charge is 0.320 e. The standard InChI is InChI=1S/C22H37N3O2/c1-14-18(21(2,3)4)17-11-15(12-24-10-8-9-16(24)19(26)27)13-25(17)20(23-14)22(5,6)7/h14-16H,8-13H2,1-7H3,(H,26,27)/t14-,15?,16-/m0/s1. The summed E-state index contributed by atoms with van der Waals surface area (Å²) in [7, 11) is 0. The first kappa shape index (κ1) is 20.4. The average Bonchev–Trinajstić information content (AvgIpc) is 3.10. The lowest BCUT2D eigenvalue weighted by molar-refractivity contribution is -0.142. The fraction of sp³-hybridized carbons (Fsp3) is 0.818. The zero-order valence-electron chi connectivity index (χ0n) is 18.2. The van der Waals surface area contributed by atoms with Gasteiger partial charge in [0.15, 0.2) is 0 Å². The molecule has 3 heterocycles. The highest BCUT2D eigenvalue weighted by molar-refractivity contribution is 5.90. The second-order valence-electron chi connectivity index (χ2n) is 10.7. The van der Waals surface area contributed by atoms with Gasteiger partial charge in [-0.25, -0.2) is 0 Å². The number of hydrogen-bond donors (Lipinski definition) is 1. The van der Waals surface area contributed by atoms with Crippen LogP contribution in [0.25, 0.3) is 0 Å². The van der Waals surface area contributed by atoms with Gasteiger partial charge in [-0.3, -0.25) is 14.7 Å². The van der Waals surface area contributed by atoms with Crippen LogP contribution in [0.3, 0.4) is 0 Å². The molecule has 27 heavy (non-hydrogen) atoms. The van der Waals surface area contributed by atoms with E-state index in [2.05, 4.69) is 58.3 Å². The average molecular weight is 376 g/mol. The van der Waals surface area contributed by atoms with Gasteiger partial charge in [0.1, 0.15) is 11.9 Å². The third kappa shape index (κ3) is 3.94. The highest BCUT2D eigenvalue weighted by atomic mass is 16.4. The van der Waals surface area contributed by atoms with E-state index in [4.69, 9.17) is 4.99 Å². The number of carboxylic acid groups (broad SMARTS) is 1. The van der Waals surface area contributed by atoms with Crippen LogP contribution in [0.2, 0.25) is 0 Å². The minimum atomic E-state index is -0.664. The minimum Gasteiger partial charge on any atom is -0.480 e. The van der Waals surface area contributed by atoms with Crippen LogP contribution in [0.1, 0.15) is 67.7 Å². The first-order chi connectivity index (χ1) is 12.4. The molecule has 5 heteroatoms. The number of fused-ring (bicyclic) bond motifs is 1. The monoisotopic (exact) mass is 375 g/mol. The van der Waals surface area contributed by atoms with Crippen LogP contribution < -0.4 is 0 Å². The van der Waals surface area contributed by atoms with Crippen molar-refractivity contribution >= 4 is 11.8 Å². The SMILES string of the molecule is C[C@@H]1N=C(C(C)(C)C)N2CC(CN3CCC[C@H]3C(=O)O)CC2=C1C(C)(C)C. The molecule has 1 N–H and O–H groups in total. The Morgan fingerprint density at radius 3 is 2.41 bits per heavy atom. The molecule has 1 unspecified atom stereocenters. The Morgan fingerprint density at radius 2 is 1.85 bits per heavy atom. The van der Waals surface area contributed by atoms with E-state index in [1.807, 2.05) is 0 Å². The molecule has 3 atom stereocenters. The summed E-state index contributed by atoms with van der Waals surface area (Å²) in [4.78, 5) is 21.4. The van der Waals surface area contributed by atoms with Gasteiger partial charge in [-0.15, -0.1) is 0 Å². The van der Waals surface area contributed by atoms with Crippen LogP contribution in [0, 0.1) is 16.7 Å². The number of hydrogen-bond acceptors (Lipinski definition) is 4. The van der Waals surface area contributed by atoms with Gasteiger partial charge < -0.3 is 10.0 Å². The normalized spacial score (nSPS) is 30.0. The molecule has 0 aromatic carbocycles. The molecule has 0 radical (unpaired) electrons. The summed E-state index contributed by atoms with van der Waals surface area (Å²) in [6.07, 6.45) is 2.82. The number of aliphatic imine (C=N–C) groups is 1. The van der Waals surface area contributed by atoms with E-state index in [9.17, 15) is 9.90 Å². The van der Waals surface area contributed by atoms with Gasteiger partial charge in [0.2, 0.25) is 0 Å². The van der Waals surface area contributed by atoms with E-state index >= 15 is 0 Å². The van der Waals surface area contributed by atoms with Crippen molar-refractivity contribution in [2.75, 3.05) is 19.6 Å². The van der Waals surface area contributed by atoms with Crippen molar-refractivity contribution in [3.05, 3.63) is 11.3 Å². The Hall–Kier alpha value is -1.36. The number of allylic oxidation sites excluding steroid dienone is 1. The first-order valence-corrected chi connectivity index (χ1v) is 10.5. The molecule has 3 aliphatic rings. The van der Waals surface area contributed by atoms with Crippen LogP contribution in [0.15, 0.2) is 16.3 Å². The van der Waals surface area contributed by atoms with Crippen molar-refractivity contribution in [3.8, 4) is 0 Å². The molecular formula is C22H37N3O2. The lowest BCUT2D eigenvalue weighted by atomic mass is 9.79. The Bertz CT molecular complexity index is 666. The quantitative estimate of drug-likeness (QED) is 0.810. The second kappa shape index (κ2) is 6.91. The molecule has 0 amide bonds. The molecule has 5 nitrogen and oxygen atoms in total. The van der Waals surface area contributed by atoms with Crippen LogP contribution in [0.5, 0.6) is 0 Å². The number of amidine groups is 1. The van der Waals surface area contributed by atoms with Gasteiger partial charge in [0, 0.05) is 24.2 Å². The number of nitrogens with zero attached hydrogens (tertiary/aromatic N) is 3. The van der Waals surface area contributed by atoms with Crippen LogP contribution >= 0.6 is 0 Å². The fourth-order valence-corrected chi connectivity index (χ4v) is 5.28. The van der Waals surface area contributed by atoms with E-state index in [0.717, 1.165) is 38.9 Å². The van der Waals surface area contributed by atoms with Crippen molar-refractivity contribution in [1.29, 1.82) is 0 Å². The molecule has 0 aromatic rings. The number of rotatable bonds is 3. The molecule has 3 rings (SSSR count). The third-order valence-corrected chi connectivity index (χ3v) is 6.17. The summed E-state index contributed by atoms with van der Waals surface area (Å²) in [6.45, 7) is 18.6. The molecule has 3 aliphatic heterocycles. The summed E-state index contributed by atoms with van der Waals surface area (Å²) in [5, 5.41) is 9.52. The van der Waals surface area contributed by atoms with Crippen molar-refractivity contribution in [1.82, 2.24) is 9.80 Å². The summed E-state index contributed by atoms with van der Waals surface area (Å²) in [6, 6.07) is -0.0869. The summed E-state index contributed by atoms with van der Waals surface area (Å²) < 4.78 is 0. The van der Waals surface area contributed by atoms with Gasteiger partial charge in [0.25, 0.3) is 0 Å². The van der Waals surface area contributed by atoms with E-state index in [1.165, 1.54) is 17.1 Å². The van der Waals surface area contributed by atoms with Gasteiger partial charge in [0.05, 0.1) is 6.04 Å². The summed E-state index contributed by atoms with van der Waals surface area (Å²) in [5.41, 5.74) is 3.00. The maximum Gasteiger partial charge on any atom is 0.320 e. The van der Waals surface area contributed by atoms with Crippen LogP contribution in [0.4, 0.5) is 0 Å². The Balaban J connectivity index is 1.89. The van der Waals surface area contributed by atoms with E-state index in [0.29, 0.717) is 5.92 Å². The van der Waals surface area contributed by atoms with Gasteiger partial charge >= 0.3 is 5.97 Å². The molecule has 152 valence electrons. The van der Waals surface area contributed by atoms with Crippen LogP contribution in [-0.4, -0.2) is 58.4 Å². The van der Waals surface area contributed by atoms with Gasteiger partial charge in [-0.1, -0.05) is 41.5 Å². The lowest BCUT2D eigenvalue weighted by Crippen LogP contribution is -2.44. The van der Waals surface area contributed by atoms with E-state index in [1.54, 1.807) is 0 Å². The number of carbonyl (C=O) groups is 1. The molecule has 0 spiro atoms. The number of carboxylic acids is 1. The Kier molecular flexibility index (Phi) is 5.21. The summed E-state index contributed by atoms with van der Waals surface area (Å²) >= 11 is 0. The third-order valence-electron chi connectivity index (χ3n) is 6.17. The Morgan fingerprint density at radius 1 is 1.19 bits per heavy atom. The maximum absolute atomic E-state index is 11.6. The number of likely N-dealkylation sites (tertiary alicyclic amines) is 1. The van der Waals surface area contributed by atoms with Gasteiger partial charge in [-0.2, -0.15) is 0 Å². The van der Waals surface area contributed by atoms with Crippen molar-refractivity contribution < 1.29 is 9.90 Å². The zero-order chi connectivity index (χ0) is 20.1. The topological polar surface area (TPSA) is 56.1 Å². The van der Waals surface area contributed by atoms with Crippen molar-refractivity contribution in [2.45, 2.75) is 79.8 Å². The second-order valence-corrected chi connectivity index (χ2v) is 10.7. The largest absolute Gasteiger partial charge is 0.480 e. The predicted octanol–water partition coefficient (Wildman–Crippen LogP) is 4.00. The molecule has 0 saturated carbocycles. The maximum atomic E-state index is 11.6. The lowest BCUT2D eigenvalue weighted by Gasteiger charge is -2.41. The molecule has 2 saturated heterocycles. The zero-order valence-corrected chi connectivity index (χ0v) is 18.2. The molecule has 0 bridgehead atoms. The minimum absolute atomic E-state index is 0.00899.